The summed E-state index contributed by atoms with van der Waals surface area (Å²) in [7, 11) is 0. The second kappa shape index (κ2) is 5.49. The Labute approximate surface area is 102 Å². The minimum absolute atomic E-state index is 0.0295. The molecule has 1 atom stereocenters. The molecule has 17 heavy (non-hydrogen) atoms. The zero-order valence-electron chi connectivity index (χ0n) is 10.2. The normalized spacial score (nSPS) is 26.2. The molecule has 5 nitrogen and oxygen atoms in total. The third-order valence-electron chi connectivity index (χ3n) is 3.57. The van der Waals surface area contributed by atoms with Gasteiger partial charge in [-0.15, -0.1) is 0 Å². The SMILES string of the molecule is NC1CCC(=O)N(CC(=O)N2CCCCC2)C1. The van der Waals surface area contributed by atoms with Gasteiger partial charge in [-0.25, -0.2) is 0 Å². The molecule has 2 aliphatic rings. The summed E-state index contributed by atoms with van der Waals surface area (Å²) in [5, 5.41) is 0. The molecular weight excluding hydrogens is 218 g/mol. The van der Waals surface area contributed by atoms with Crippen LogP contribution in [0.2, 0.25) is 0 Å². The van der Waals surface area contributed by atoms with Crippen LogP contribution in [0.4, 0.5) is 0 Å². The maximum Gasteiger partial charge on any atom is 0.242 e. The highest BCUT2D eigenvalue weighted by molar-refractivity contribution is 5.85. The Morgan fingerprint density at radius 2 is 2.00 bits per heavy atom. The molecule has 2 saturated heterocycles. The lowest BCUT2D eigenvalue weighted by atomic mass is 10.1. The third-order valence-corrected chi connectivity index (χ3v) is 3.57. The van der Waals surface area contributed by atoms with E-state index in [0.29, 0.717) is 13.0 Å². The predicted octanol–water partition coefficient (Wildman–Crippen LogP) is -0.0514. The smallest absolute Gasteiger partial charge is 0.242 e. The topological polar surface area (TPSA) is 66.6 Å². The first-order valence-corrected chi connectivity index (χ1v) is 6.48. The van der Waals surface area contributed by atoms with Gasteiger partial charge >= 0.3 is 0 Å². The van der Waals surface area contributed by atoms with Crippen molar-refractivity contribution in [3.63, 3.8) is 0 Å². The molecule has 1 unspecified atom stereocenters. The van der Waals surface area contributed by atoms with Crippen LogP contribution in [0.1, 0.15) is 32.1 Å². The highest BCUT2D eigenvalue weighted by Crippen LogP contribution is 2.12. The van der Waals surface area contributed by atoms with E-state index in [4.69, 9.17) is 5.73 Å². The molecule has 2 N–H and O–H groups in total. The van der Waals surface area contributed by atoms with Gasteiger partial charge in [0, 0.05) is 32.1 Å². The fourth-order valence-corrected chi connectivity index (χ4v) is 2.50. The molecule has 0 bridgehead atoms. The van der Waals surface area contributed by atoms with Gasteiger partial charge in [-0.3, -0.25) is 9.59 Å². The predicted molar refractivity (Wildman–Crippen MR) is 64.2 cm³/mol. The molecule has 2 amide bonds. The first-order valence-electron chi connectivity index (χ1n) is 6.48. The van der Waals surface area contributed by atoms with Crippen molar-refractivity contribution in [2.24, 2.45) is 5.73 Å². The van der Waals surface area contributed by atoms with Crippen LogP contribution < -0.4 is 5.73 Å². The fourth-order valence-electron chi connectivity index (χ4n) is 2.50. The third kappa shape index (κ3) is 3.19. The summed E-state index contributed by atoms with van der Waals surface area (Å²) in [6.45, 7) is 2.42. The lowest BCUT2D eigenvalue weighted by molar-refractivity contribution is -0.142. The van der Waals surface area contributed by atoms with E-state index in [0.717, 1.165) is 32.4 Å². The van der Waals surface area contributed by atoms with Crippen molar-refractivity contribution in [2.75, 3.05) is 26.2 Å². The molecule has 2 rings (SSSR count). The second-order valence-corrected chi connectivity index (χ2v) is 5.01. The van der Waals surface area contributed by atoms with Crippen molar-refractivity contribution in [1.82, 2.24) is 9.80 Å². The van der Waals surface area contributed by atoms with Crippen molar-refractivity contribution < 1.29 is 9.59 Å². The van der Waals surface area contributed by atoms with Crippen LogP contribution in [0.25, 0.3) is 0 Å². The van der Waals surface area contributed by atoms with Crippen LogP contribution in [-0.4, -0.2) is 53.8 Å². The Balaban J connectivity index is 1.86. The first-order chi connectivity index (χ1) is 8.16. The van der Waals surface area contributed by atoms with Gasteiger partial charge in [0.25, 0.3) is 0 Å². The number of nitrogens with zero attached hydrogens (tertiary/aromatic N) is 2. The lowest BCUT2D eigenvalue weighted by Gasteiger charge is -2.33. The molecule has 0 spiro atoms. The zero-order valence-corrected chi connectivity index (χ0v) is 10.2. The Bertz CT molecular complexity index is 300. The average molecular weight is 239 g/mol. The monoisotopic (exact) mass is 239 g/mol. The van der Waals surface area contributed by atoms with E-state index in [1.807, 2.05) is 4.90 Å². The quantitative estimate of drug-likeness (QED) is 0.734. The molecule has 5 heteroatoms. The Hall–Kier alpha value is -1.10. The van der Waals surface area contributed by atoms with Crippen molar-refractivity contribution in [3.05, 3.63) is 0 Å². The van der Waals surface area contributed by atoms with Gasteiger partial charge in [0.05, 0.1) is 6.54 Å². The fraction of sp³-hybridized carbons (Fsp3) is 0.833. The summed E-state index contributed by atoms with van der Waals surface area (Å²) in [5.74, 6) is 0.143. The molecule has 0 aromatic heterocycles. The van der Waals surface area contributed by atoms with Crippen molar-refractivity contribution in [3.8, 4) is 0 Å². The standard InChI is InChI=1S/C12H21N3O2/c13-10-4-5-11(16)15(8-10)9-12(17)14-6-2-1-3-7-14/h10H,1-9,13H2. The summed E-state index contributed by atoms with van der Waals surface area (Å²) in [4.78, 5) is 27.2. The number of nitrogens with two attached hydrogens (primary N) is 1. The molecular formula is C12H21N3O2. The Morgan fingerprint density at radius 1 is 1.29 bits per heavy atom. The van der Waals surface area contributed by atoms with Crippen LogP contribution >= 0.6 is 0 Å². The lowest BCUT2D eigenvalue weighted by Crippen LogP contribution is -2.51. The number of rotatable bonds is 2. The van der Waals surface area contributed by atoms with Crippen molar-refractivity contribution in [2.45, 2.75) is 38.1 Å². The number of piperidine rings is 2. The molecule has 2 heterocycles. The van der Waals surface area contributed by atoms with Gasteiger partial charge in [-0.05, 0) is 25.7 Å². The van der Waals surface area contributed by atoms with Crippen molar-refractivity contribution in [1.29, 1.82) is 0 Å². The minimum atomic E-state index is 0.0295. The summed E-state index contributed by atoms with van der Waals surface area (Å²) >= 11 is 0. The number of carbonyl (C=O) groups excluding carboxylic acids is 2. The Morgan fingerprint density at radius 3 is 2.71 bits per heavy atom. The molecule has 2 fully saturated rings. The van der Waals surface area contributed by atoms with Crippen LogP contribution in [0.3, 0.4) is 0 Å². The van der Waals surface area contributed by atoms with E-state index in [9.17, 15) is 9.59 Å². The highest BCUT2D eigenvalue weighted by atomic mass is 16.2. The number of likely N-dealkylation sites (tertiary alicyclic amines) is 2. The number of hydrogen-bond acceptors (Lipinski definition) is 3. The molecule has 0 aromatic carbocycles. The summed E-state index contributed by atoms with van der Waals surface area (Å²) in [6.07, 6.45) is 4.59. The average Bonchev–Trinajstić information content (AvgIpc) is 2.35. The van der Waals surface area contributed by atoms with Gasteiger partial charge in [-0.2, -0.15) is 0 Å². The van der Waals surface area contributed by atoms with Crippen molar-refractivity contribution >= 4 is 11.8 Å². The van der Waals surface area contributed by atoms with Gasteiger partial charge in [0.15, 0.2) is 0 Å². The molecule has 0 aromatic rings. The van der Waals surface area contributed by atoms with E-state index < -0.39 is 0 Å². The molecule has 0 radical (unpaired) electrons. The van der Waals surface area contributed by atoms with E-state index >= 15 is 0 Å². The van der Waals surface area contributed by atoms with Gasteiger partial charge in [0.2, 0.25) is 11.8 Å². The van der Waals surface area contributed by atoms with Gasteiger partial charge < -0.3 is 15.5 Å². The van der Waals surface area contributed by atoms with E-state index in [1.165, 1.54) is 6.42 Å². The zero-order chi connectivity index (χ0) is 12.3. The van der Waals surface area contributed by atoms with Gasteiger partial charge in [0.1, 0.15) is 0 Å². The first kappa shape index (κ1) is 12.4. The van der Waals surface area contributed by atoms with Crippen LogP contribution in [0, 0.1) is 0 Å². The summed E-state index contributed by atoms with van der Waals surface area (Å²) in [5.41, 5.74) is 5.82. The van der Waals surface area contributed by atoms with E-state index in [2.05, 4.69) is 0 Å². The molecule has 2 aliphatic heterocycles. The van der Waals surface area contributed by atoms with Crippen LogP contribution in [0.15, 0.2) is 0 Å². The summed E-state index contributed by atoms with van der Waals surface area (Å²) in [6, 6.07) is 0.0295. The number of carbonyl (C=O) groups is 2. The summed E-state index contributed by atoms with van der Waals surface area (Å²) < 4.78 is 0. The number of amides is 2. The Kier molecular flexibility index (Phi) is 3.99. The molecule has 0 saturated carbocycles. The second-order valence-electron chi connectivity index (χ2n) is 5.01. The maximum absolute atomic E-state index is 12.0. The van der Waals surface area contributed by atoms with Gasteiger partial charge in [-0.1, -0.05) is 0 Å². The molecule has 96 valence electrons. The highest BCUT2D eigenvalue weighted by Gasteiger charge is 2.27. The largest absolute Gasteiger partial charge is 0.341 e. The number of hydrogen-bond donors (Lipinski definition) is 1. The van der Waals surface area contributed by atoms with Crippen LogP contribution in [0.5, 0.6) is 0 Å². The molecule has 0 aliphatic carbocycles. The van der Waals surface area contributed by atoms with Crippen LogP contribution in [-0.2, 0) is 9.59 Å². The van der Waals surface area contributed by atoms with E-state index in [1.54, 1.807) is 4.90 Å². The minimum Gasteiger partial charge on any atom is -0.341 e. The maximum atomic E-state index is 12.0. The van der Waals surface area contributed by atoms with E-state index in [-0.39, 0.29) is 24.4 Å².